The molecule has 2 heterocycles. The Labute approximate surface area is 108 Å². The van der Waals surface area contributed by atoms with Crippen molar-refractivity contribution in [3.63, 3.8) is 0 Å². The highest BCUT2D eigenvalue weighted by Crippen LogP contribution is 2.21. The van der Waals surface area contributed by atoms with Crippen molar-refractivity contribution in [2.75, 3.05) is 5.73 Å². The Kier molecular flexibility index (Phi) is 3.42. The smallest absolute Gasteiger partial charge is 0.169 e. The standard InChI is InChI=1S/C11H14BrN5/c1-3-9-15-10(4-2)17(16-9)11-8(12)5-7(13)6-14-11/h5-6H,3-4,13H2,1-2H3. The normalized spacial score (nSPS) is 10.8. The molecule has 0 saturated carbocycles. The number of anilines is 1. The first kappa shape index (κ1) is 12.0. The number of nitrogens with zero attached hydrogens (tertiary/aromatic N) is 4. The van der Waals surface area contributed by atoms with Gasteiger partial charge in [0.05, 0.1) is 16.4 Å². The summed E-state index contributed by atoms with van der Waals surface area (Å²) >= 11 is 3.45. The maximum Gasteiger partial charge on any atom is 0.169 e. The number of pyridine rings is 1. The summed E-state index contributed by atoms with van der Waals surface area (Å²) in [6, 6.07) is 1.81. The third kappa shape index (κ3) is 2.31. The van der Waals surface area contributed by atoms with Gasteiger partial charge in [-0.05, 0) is 22.0 Å². The lowest BCUT2D eigenvalue weighted by atomic mass is 10.4. The molecule has 0 spiro atoms. The predicted molar refractivity (Wildman–Crippen MR) is 70.0 cm³/mol. The molecule has 0 aliphatic heterocycles. The van der Waals surface area contributed by atoms with Crippen LogP contribution in [0.4, 0.5) is 5.69 Å². The van der Waals surface area contributed by atoms with Gasteiger partial charge in [-0.3, -0.25) is 0 Å². The van der Waals surface area contributed by atoms with E-state index in [1.807, 2.05) is 19.9 Å². The van der Waals surface area contributed by atoms with E-state index in [1.165, 1.54) is 0 Å². The lowest BCUT2D eigenvalue weighted by molar-refractivity contribution is 0.766. The van der Waals surface area contributed by atoms with Crippen LogP contribution in [-0.2, 0) is 12.8 Å². The quantitative estimate of drug-likeness (QED) is 0.942. The molecule has 6 heteroatoms. The third-order valence-corrected chi connectivity index (χ3v) is 2.98. The molecule has 17 heavy (non-hydrogen) atoms. The van der Waals surface area contributed by atoms with E-state index in [-0.39, 0.29) is 0 Å². The van der Waals surface area contributed by atoms with Gasteiger partial charge in [0.15, 0.2) is 11.6 Å². The van der Waals surface area contributed by atoms with Gasteiger partial charge in [0.1, 0.15) is 5.82 Å². The Balaban J connectivity index is 2.55. The molecule has 0 saturated heterocycles. The van der Waals surface area contributed by atoms with Gasteiger partial charge in [0.25, 0.3) is 0 Å². The first-order chi connectivity index (χ1) is 8.15. The highest BCUT2D eigenvalue weighted by atomic mass is 79.9. The molecule has 2 aromatic rings. The number of hydrogen-bond acceptors (Lipinski definition) is 4. The van der Waals surface area contributed by atoms with Gasteiger partial charge >= 0.3 is 0 Å². The SMILES string of the molecule is CCc1nc(CC)n(-c2ncc(N)cc2Br)n1. The molecule has 0 radical (unpaired) electrons. The second-order valence-electron chi connectivity index (χ2n) is 3.64. The summed E-state index contributed by atoms with van der Waals surface area (Å²) in [4.78, 5) is 8.74. The third-order valence-electron chi connectivity index (χ3n) is 2.39. The highest BCUT2D eigenvalue weighted by Gasteiger charge is 2.12. The van der Waals surface area contributed by atoms with Crippen molar-refractivity contribution in [3.05, 3.63) is 28.4 Å². The van der Waals surface area contributed by atoms with Crippen molar-refractivity contribution in [2.45, 2.75) is 26.7 Å². The summed E-state index contributed by atoms with van der Waals surface area (Å²) < 4.78 is 2.59. The Hall–Kier alpha value is -1.43. The zero-order valence-corrected chi connectivity index (χ0v) is 11.4. The molecule has 0 fully saturated rings. The molecule has 0 bridgehead atoms. The van der Waals surface area contributed by atoms with E-state index in [1.54, 1.807) is 10.9 Å². The minimum atomic E-state index is 0.620. The minimum Gasteiger partial charge on any atom is -0.397 e. The predicted octanol–water partition coefficient (Wildman–Crippen LogP) is 2.13. The van der Waals surface area contributed by atoms with Crippen molar-refractivity contribution in [2.24, 2.45) is 0 Å². The molecule has 5 nitrogen and oxygen atoms in total. The van der Waals surface area contributed by atoms with Crippen LogP contribution in [0.5, 0.6) is 0 Å². The fourth-order valence-electron chi connectivity index (χ4n) is 1.54. The van der Waals surface area contributed by atoms with Crippen molar-refractivity contribution >= 4 is 21.6 Å². The molecule has 0 aliphatic carbocycles. The number of nitrogen functional groups attached to an aromatic ring is 1. The maximum atomic E-state index is 5.67. The van der Waals surface area contributed by atoms with Crippen LogP contribution in [-0.4, -0.2) is 19.7 Å². The van der Waals surface area contributed by atoms with Crippen LogP contribution in [0.2, 0.25) is 0 Å². The van der Waals surface area contributed by atoms with Crippen LogP contribution < -0.4 is 5.73 Å². The van der Waals surface area contributed by atoms with Gasteiger partial charge in [-0.2, -0.15) is 4.68 Å². The summed E-state index contributed by atoms with van der Waals surface area (Å²) in [7, 11) is 0. The molecular formula is C11H14BrN5. The number of aromatic nitrogens is 4. The average molecular weight is 296 g/mol. The second-order valence-corrected chi connectivity index (χ2v) is 4.49. The maximum absolute atomic E-state index is 5.67. The van der Waals surface area contributed by atoms with Crippen LogP contribution in [0.1, 0.15) is 25.5 Å². The fourth-order valence-corrected chi connectivity index (χ4v) is 2.08. The molecule has 0 unspecified atom stereocenters. The summed E-state index contributed by atoms with van der Waals surface area (Å²) in [6.45, 7) is 4.08. The van der Waals surface area contributed by atoms with Crippen LogP contribution in [0, 0.1) is 0 Å². The number of aryl methyl sites for hydroxylation is 2. The average Bonchev–Trinajstić information content (AvgIpc) is 2.72. The Morgan fingerprint density at radius 3 is 2.71 bits per heavy atom. The number of nitrogens with two attached hydrogens (primary N) is 1. The monoisotopic (exact) mass is 295 g/mol. The van der Waals surface area contributed by atoms with Crippen LogP contribution in [0.3, 0.4) is 0 Å². The van der Waals surface area contributed by atoms with E-state index in [0.717, 1.165) is 34.8 Å². The number of rotatable bonds is 3. The first-order valence-corrected chi connectivity index (χ1v) is 6.31. The van der Waals surface area contributed by atoms with Crippen LogP contribution in [0.25, 0.3) is 5.82 Å². The largest absolute Gasteiger partial charge is 0.397 e. The van der Waals surface area contributed by atoms with Crippen molar-refractivity contribution in [1.82, 2.24) is 19.7 Å². The zero-order valence-electron chi connectivity index (χ0n) is 9.81. The van der Waals surface area contributed by atoms with E-state index in [9.17, 15) is 0 Å². The molecule has 0 amide bonds. The Morgan fingerprint density at radius 2 is 2.12 bits per heavy atom. The van der Waals surface area contributed by atoms with Crippen LogP contribution in [0.15, 0.2) is 16.7 Å². The number of halogens is 1. The van der Waals surface area contributed by atoms with Gasteiger partial charge in [-0.1, -0.05) is 13.8 Å². The lowest BCUT2D eigenvalue weighted by Gasteiger charge is -2.06. The van der Waals surface area contributed by atoms with E-state index >= 15 is 0 Å². The summed E-state index contributed by atoms with van der Waals surface area (Å²) in [5.74, 6) is 2.45. The van der Waals surface area contributed by atoms with E-state index in [0.29, 0.717) is 5.69 Å². The van der Waals surface area contributed by atoms with Gasteiger partial charge in [-0.15, -0.1) is 5.10 Å². The van der Waals surface area contributed by atoms with Gasteiger partial charge in [-0.25, -0.2) is 9.97 Å². The van der Waals surface area contributed by atoms with Crippen molar-refractivity contribution in [1.29, 1.82) is 0 Å². The number of hydrogen-bond donors (Lipinski definition) is 1. The van der Waals surface area contributed by atoms with Crippen molar-refractivity contribution < 1.29 is 0 Å². The van der Waals surface area contributed by atoms with Gasteiger partial charge in [0, 0.05) is 12.8 Å². The Bertz CT molecular complexity index is 535. The zero-order chi connectivity index (χ0) is 12.4. The fraction of sp³-hybridized carbons (Fsp3) is 0.364. The molecule has 2 aromatic heterocycles. The minimum absolute atomic E-state index is 0.620. The van der Waals surface area contributed by atoms with E-state index in [4.69, 9.17) is 5.73 Å². The van der Waals surface area contributed by atoms with Crippen LogP contribution >= 0.6 is 15.9 Å². The summed E-state index contributed by atoms with van der Waals surface area (Å²) in [5, 5.41) is 4.43. The summed E-state index contributed by atoms with van der Waals surface area (Å²) in [6.07, 6.45) is 3.24. The van der Waals surface area contributed by atoms with E-state index in [2.05, 4.69) is 31.0 Å². The first-order valence-electron chi connectivity index (χ1n) is 5.51. The molecule has 90 valence electrons. The molecular weight excluding hydrogens is 282 g/mol. The topological polar surface area (TPSA) is 69.6 Å². The molecule has 0 atom stereocenters. The molecule has 2 rings (SSSR count). The summed E-state index contributed by atoms with van der Waals surface area (Å²) in [5.41, 5.74) is 6.29. The molecule has 2 N–H and O–H groups in total. The molecule has 0 aromatic carbocycles. The van der Waals surface area contributed by atoms with Crippen molar-refractivity contribution in [3.8, 4) is 5.82 Å². The van der Waals surface area contributed by atoms with E-state index < -0.39 is 0 Å². The van der Waals surface area contributed by atoms with Gasteiger partial charge < -0.3 is 5.73 Å². The Morgan fingerprint density at radius 1 is 1.35 bits per heavy atom. The van der Waals surface area contributed by atoms with Gasteiger partial charge in [0.2, 0.25) is 0 Å². The second kappa shape index (κ2) is 4.83. The lowest BCUT2D eigenvalue weighted by Crippen LogP contribution is -2.06. The molecule has 0 aliphatic rings. The highest BCUT2D eigenvalue weighted by molar-refractivity contribution is 9.10.